The zero-order valence-electron chi connectivity index (χ0n) is 11.9. The number of H-pyrrole nitrogens is 1. The number of nitrogens with zero attached hydrogens (tertiary/aromatic N) is 3. The first kappa shape index (κ1) is 14.5. The maximum Gasteiger partial charge on any atom is 0.280 e. The molecule has 5 nitrogen and oxygen atoms in total. The molecule has 2 aromatic heterocycles. The number of hydrogen-bond acceptors (Lipinski definition) is 4. The Morgan fingerprint density at radius 1 is 1.05 bits per heavy atom. The van der Waals surface area contributed by atoms with Crippen LogP contribution in [-0.4, -0.2) is 36.1 Å². The van der Waals surface area contributed by atoms with Gasteiger partial charge in [0, 0.05) is 38.4 Å². The van der Waals surface area contributed by atoms with Gasteiger partial charge in [-0.05, 0) is 18.2 Å². The molecule has 2 aromatic rings. The average Bonchev–Trinajstić information content (AvgIpc) is 2.56. The van der Waals surface area contributed by atoms with Crippen LogP contribution in [0.2, 0.25) is 0 Å². The van der Waals surface area contributed by atoms with Gasteiger partial charge in [-0.25, -0.2) is 13.8 Å². The summed E-state index contributed by atoms with van der Waals surface area (Å²) in [5, 5.41) is 0. The van der Waals surface area contributed by atoms with Gasteiger partial charge in [0.25, 0.3) is 6.43 Å². The quantitative estimate of drug-likeness (QED) is 0.943. The number of rotatable bonds is 3. The summed E-state index contributed by atoms with van der Waals surface area (Å²) in [6, 6.07) is 7.98. The van der Waals surface area contributed by atoms with E-state index < -0.39 is 6.43 Å². The van der Waals surface area contributed by atoms with Crippen LogP contribution in [-0.2, 0) is 0 Å². The Bertz CT molecular complexity index is 675. The van der Waals surface area contributed by atoms with Gasteiger partial charge < -0.3 is 14.8 Å². The van der Waals surface area contributed by atoms with Crippen molar-refractivity contribution in [3.63, 3.8) is 0 Å². The third kappa shape index (κ3) is 3.08. The van der Waals surface area contributed by atoms with E-state index in [-0.39, 0.29) is 11.3 Å². The third-order valence-electron chi connectivity index (χ3n) is 3.72. The van der Waals surface area contributed by atoms with Crippen LogP contribution < -0.4 is 15.4 Å². The van der Waals surface area contributed by atoms with Crippen molar-refractivity contribution in [3.05, 3.63) is 52.6 Å². The molecule has 1 N–H and O–H groups in total. The molecular weight excluding hydrogens is 290 g/mol. The molecule has 0 unspecified atom stereocenters. The van der Waals surface area contributed by atoms with Crippen molar-refractivity contribution in [1.29, 1.82) is 0 Å². The number of aromatic nitrogens is 2. The molecule has 3 rings (SSSR count). The lowest BCUT2D eigenvalue weighted by Gasteiger charge is -2.36. The highest BCUT2D eigenvalue weighted by Gasteiger charge is 2.19. The number of aromatic amines is 1. The normalized spacial score (nSPS) is 15.4. The molecule has 3 heterocycles. The number of alkyl halides is 2. The van der Waals surface area contributed by atoms with E-state index in [9.17, 15) is 13.6 Å². The van der Waals surface area contributed by atoms with Gasteiger partial charge in [-0.1, -0.05) is 6.07 Å². The molecule has 0 aromatic carbocycles. The van der Waals surface area contributed by atoms with E-state index in [1.54, 1.807) is 24.4 Å². The summed E-state index contributed by atoms with van der Waals surface area (Å²) in [5.41, 5.74) is 0.629. The molecule has 0 aliphatic carbocycles. The summed E-state index contributed by atoms with van der Waals surface area (Å²) in [6.07, 6.45) is -0.865. The van der Waals surface area contributed by atoms with Crippen molar-refractivity contribution >= 4 is 11.5 Å². The molecule has 1 aliphatic rings. The zero-order valence-corrected chi connectivity index (χ0v) is 11.9. The highest BCUT2D eigenvalue weighted by Crippen LogP contribution is 2.22. The molecule has 0 spiro atoms. The minimum absolute atomic E-state index is 0.129. The monoisotopic (exact) mass is 306 g/mol. The summed E-state index contributed by atoms with van der Waals surface area (Å²) in [6.45, 7) is 2.87. The Hall–Kier alpha value is -2.44. The number of pyridine rings is 2. The molecule has 0 saturated carbocycles. The van der Waals surface area contributed by atoms with E-state index in [1.165, 1.54) is 12.1 Å². The summed E-state index contributed by atoms with van der Waals surface area (Å²) >= 11 is 0. The van der Waals surface area contributed by atoms with E-state index in [2.05, 4.69) is 14.9 Å². The fourth-order valence-corrected chi connectivity index (χ4v) is 2.53. The smallest absolute Gasteiger partial charge is 0.280 e. The van der Waals surface area contributed by atoms with Crippen LogP contribution in [0.15, 0.2) is 41.3 Å². The molecule has 1 fully saturated rings. The highest BCUT2D eigenvalue weighted by molar-refractivity contribution is 5.47. The molecule has 22 heavy (non-hydrogen) atoms. The Morgan fingerprint density at radius 3 is 2.41 bits per heavy atom. The molecule has 1 aliphatic heterocycles. The van der Waals surface area contributed by atoms with Crippen LogP contribution in [0.3, 0.4) is 0 Å². The number of hydrogen-bond donors (Lipinski definition) is 1. The molecular formula is C15H16F2N4O. The van der Waals surface area contributed by atoms with E-state index >= 15 is 0 Å². The van der Waals surface area contributed by atoms with Crippen LogP contribution in [0, 0.1) is 0 Å². The second kappa shape index (κ2) is 6.13. The summed E-state index contributed by atoms with van der Waals surface area (Å²) in [7, 11) is 0. The Balaban J connectivity index is 1.67. The Morgan fingerprint density at radius 2 is 1.77 bits per heavy atom. The van der Waals surface area contributed by atoms with Crippen molar-refractivity contribution in [2.24, 2.45) is 0 Å². The number of anilines is 2. The molecule has 1 saturated heterocycles. The van der Waals surface area contributed by atoms with Gasteiger partial charge in [-0.2, -0.15) is 0 Å². The van der Waals surface area contributed by atoms with E-state index in [0.717, 1.165) is 18.8 Å². The summed E-state index contributed by atoms with van der Waals surface area (Å²) in [5.74, 6) is 0.582. The molecule has 0 amide bonds. The minimum atomic E-state index is -2.55. The Labute approximate surface area is 126 Å². The van der Waals surface area contributed by atoms with Gasteiger partial charge in [0.2, 0.25) is 5.56 Å². The van der Waals surface area contributed by atoms with Crippen LogP contribution >= 0.6 is 0 Å². The van der Waals surface area contributed by atoms with E-state index in [0.29, 0.717) is 18.9 Å². The molecule has 0 atom stereocenters. The first-order valence-corrected chi connectivity index (χ1v) is 7.07. The number of piperazine rings is 1. The van der Waals surface area contributed by atoms with Gasteiger partial charge in [0.15, 0.2) is 0 Å². The van der Waals surface area contributed by atoms with Gasteiger partial charge in [0.05, 0.1) is 5.69 Å². The second-order valence-corrected chi connectivity index (χ2v) is 5.11. The maximum atomic E-state index is 12.7. The lowest BCUT2D eigenvalue weighted by atomic mass is 10.2. The standard InChI is InChI=1S/C15H16F2N4O/c16-15(17)12-2-1-3-13(19-12)21-8-6-20(7-9-21)11-4-5-14(22)18-10-11/h1-5,10,15H,6-9H2,(H,18,22). The lowest BCUT2D eigenvalue weighted by molar-refractivity contribution is 0.146. The number of halogens is 2. The fourth-order valence-electron chi connectivity index (χ4n) is 2.53. The van der Waals surface area contributed by atoms with Crippen molar-refractivity contribution in [2.75, 3.05) is 36.0 Å². The molecule has 0 bridgehead atoms. The Kier molecular flexibility index (Phi) is 4.04. The third-order valence-corrected chi connectivity index (χ3v) is 3.72. The zero-order chi connectivity index (χ0) is 15.5. The SMILES string of the molecule is O=c1ccc(N2CCN(c3cccc(C(F)F)n3)CC2)c[nH]1. The fraction of sp³-hybridized carbons (Fsp3) is 0.333. The van der Waals surface area contributed by atoms with Gasteiger partial charge >= 0.3 is 0 Å². The van der Waals surface area contributed by atoms with E-state index in [4.69, 9.17) is 0 Å². The van der Waals surface area contributed by atoms with Crippen LogP contribution in [0.5, 0.6) is 0 Å². The predicted molar refractivity (Wildman–Crippen MR) is 80.7 cm³/mol. The average molecular weight is 306 g/mol. The first-order valence-electron chi connectivity index (χ1n) is 7.07. The maximum absolute atomic E-state index is 12.7. The van der Waals surface area contributed by atoms with Crippen LogP contribution in [0.4, 0.5) is 20.3 Å². The van der Waals surface area contributed by atoms with Crippen molar-refractivity contribution in [1.82, 2.24) is 9.97 Å². The van der Waals surface area contributed by atoms with Crippen molar-refractivity contribution < 1.29 is 8.78 Å². The molecule has 116 valence electrons. The molecule has 0 radical (unpaired) electrons. The number of nitrogens with one attached hydrogen (secondary N) is 1. The van der Waals surface area contributed by atoms with Gasteiger partial charge in [0.1, 0.15) is 11.5 Å². The van der Waals surface area contributed by atoms with Crippen LogP contribution in [0.1, 0.15) is 12.1 Å². The van der Waals surface area contributed by atoms with Crippen LogP contribution in [0.25, 0.3) is 0 Å². The molecule has 7 heteroatoms. The highest BCUT2D eigenvalue weighted by atomic mass is 19.3. The largest absolute Gasteiger partial charge is 0.367 e. The lowest BCUT2D eigenvalue weighted by Crippen LogP contribution is -2.47. The topological polar surface area (TPSA) is 52.2 Å². The van der Waals surface area contributed by atoms with Gasteiger partial charge in [-0.15, -0.1) is 0 Å². The van der Waals surface area contributed by atoms with E-state index in [1.807, 2.05) is 4.90 Å². The van der Waals surface area contributed by atoms with Crippen molar-refractivity contribution in [2.45, 2.75) is 6.43 Å². The summed E-state index contributed by atoms with van der Waals surface area (Å²) in [4.78, 5) is 21.9. The second-order valence-electron chi connectivity index (χ2n) is 5.11. The first-order chi connectivity index (χ1) is 10.6. The van der Waals surface area contributed by atoms with Gasteiger partial charge in [-0.3, -0.25) is 4.79 Å². The minimum Gasteiger partial charge on any atom is -0.367 e. The summed E-state index contributed by atoms with van der Waals surface area (Å²) < 4.78 is 25.4. The van der Waals surface area contributed by atoms with Crippen molar-refractivity contribution in [3.8, 4) is 0 Å². The predicted octanol–water partition coefficient (Wildman–Crippen LogP) is 2.03.